The number of aryl methyl sites for hydroxylation is 1. The van der Waals surface area contributed by atoms with Crippen molar-refractivity contribution >= 4 is 0 Å². The molecule has 0 fully saturated rings. The van der Waals surface area contributed by atoms with Crippen molar-refractivity contribution in [1.29, 1.82) is 0 Å². The van der Waals surface area contributed by atoms with E-state index >= 15 is 0 Å². The molecule has 2 aromatic rings. The van der Waals surface area contributed by atoms with Gasteiger partial charge in [0, 0.05) is 25.0 Å². The van der Waals surface area contributed by atoms with E-state index in [4.69, 9.17) is 5.73 Å². The molecular weight excluding hydrogens is 236 g/mol. The van der Waals surface area contributed by atoms with Gasteiger partial charge in [0.05, 0.1) is 17.4 Å². The number of pyridine rings is 2. The molecule has 0 saturated heterocycles. The van der Waals surface area contributed by atoms with Crippen LogP contribution in [-0.2, 0) is 6.54 Å². The van der Waals surface area contributed by atoms with E-state index in [-0.39, 0.29) is 6.04 Å². The first-order chi connectivity index (χ1) is 9.20. The van der Waals surface area contributed by atoms with Crippen molar-refractivity contribution < 1.29 is 0 Å². The van der Waals surface area contributed by atoms with Gasteiger partial charge in [-0.1, -0.05) is 12.1 Å². The molecule has 2 rings (SSSR count). The maximum Gasteiger partial charge on any atom is 0.0645 e. The second kappa shape index (κ2) is 6.41. The Hall–Kier alpha value is -1.78. The molecule has 0 aliphatic heterocycles. The zero-order valence-corrected chi connectivity index (χ0v) is 11.5. The van der Waals surface area contributed by atoms with Gasteiger partial charge in [0.1, 0.15) is 0 Å². The highest BCUT2D eigenvalue weighted by Gasteiger charge is 2.16. The molecule has 19 heavy (non-hydrogen) atoms. The van der Waals surface area contributed by atoms with Crippen molar-refractivity contribution in [3.05, 3.63) is 59.7 Å². The zero-order chi connectivity index (χ0) is 13.7. The van der Waals surface area contributed by atoms with Crippen LogP contribution in [0.1, 0.15) is 23.1 Å². The Labute approximate surface area is 114 Å². The van der Waals surface area contributed by atoms with E-state index < -0.39 is 0 Å². The fourth-order valence-corrected chi connectivity index (χ4v) is 2.15. The largest absolute Gasteiger partial charge is 0.329 e. The highest BCUT2D eigenvalue weighted by Crippen LogP contribution is 2.17. The average molecular weight is 256 g/mol. The summed E-state index contributed by atoms with van der Waals surface area (Å²) >= 11 is 0. The summed E-state index contributed by atoms with van der Waals surface area (Å²) in [6, 6.07) is 12.1. The number of nitrogens with two attached hydrogens (primary N) is 1. The highest BCUT2D eigenvalue weighted by atomic mass is 15.2. The number of nitrogens with zero attached hydrogens (tertiary/aromatic N) is 3. The van der Waals surface area contributed by atoms with Crippen LogP contribution < -0.4 is 5.73 Å². The van der Waals surface area contributed by atoms with E-state index in [1.54, 1.807) is 6.20 Å². The van der Waals surface area contributed by atoms with E-state index in [1.165, 1.54) is 0 Å². The van der Waals surface area contributed by atoms with E-state index in [1.807, 2.05) is 43.3 Å². The summed E-state index contributed by atoms with van der Waals surface area (Å²) in [6.07, 6.45) is 1.80. The fraction of sp³-hybridized carbons (Fsp3) is 0.333. The van der Waals surface area contributed by atoms with Gasteiger partial charge in [0.15, 0.2) is 0 Å². The summed E-state index contributed by atoms with van der Waals surface area (Å²) in [7, 11) is 2.05. The Morgan fingerprint density at radius 3 is 2.68 bits per heavy atom. The van der Waals surface area contributed by atoms with Crippen LogP contribution in [-0.4, -0.2) is 28.5 Å². The molecule has 0 saturated carbocycles. The fourth-order valence-electron chi connectivity index (χ4n) is 2.15. The lowest BCUT2D eigenvalue weighted by Gasteiger charge is -2.26. The van der Waals surface area contributed by atoms with Gasteiger partial charge in [-0.25, -0.2) is 0 Å². The standard InChI is InChI=1S/C15H20N4/c1-12-6-5-7-13(18-12)11-19(2)15(10-16)14-8-3-4-9-17-14/h3-9,15H,10-11,16H2,1-2H3. The topological polar surface area (TPSA) is 55.0 Å². The molecule has 2 heterocycles. The van der Waals surface area contributed by atoms with Crippen molar-refractivity contribution in [3.8, 4) is 0 Å². The van der Waals surface area contributed by atoms with Crippen LogP contribution in [0.4, 0.5) is 0 Å². The smallest absolute Gasteiger partial charge is 0.0645 e. The summed E-state index contributed by atoms with van der Waals surface area (Å²) in [5.74, 6) is 0. The van der Waals surface area contributed by atoms with Crippen molar-refractivity contribution in [3.63, 3.8) is 0 Å². The molecule has 0 spiro atoms. The summed E-state index contributed by atoms with van der Waals surface area (Å²) in [5, 5.41) is 0. The second-order valence-electron chi connectivity index (χ2n) is 4.69. The van der Waals surface area contributed by atoms with Crippen LogP contribution in [0, 0.1) is 6.92 Å². The maximum absolute atomic E-state index is 5.89. The summed E-state index contributed by atoms with van der Waals surface area (Å²) in [5.41, 5.74) is 8.98. The third-order valence-electron chi connectivity index (χ3n) is 3.14. The van der Waals surface area contributed by atoms with Crippen molar-refractivity contribution in [2.45, 2.75) is 19.5 Å². The van der Waals surface area contributed by atoms with Gasteiger partial charge in [0.2, 0.25) is 0 Å². The van der Waals surface area contributed by atoms with Gasteiger partial charge < -0.3 is 5.73 Å². The molecule has 0 aromatic carbocycles. The molecule has 2 N–H and O–H groups in total. The van der Waals surface area contributed by atoms with Gasteiger partial charge in [-0.2, -0.15) is 0 Å². The normalized spacial score (nSPS) is 12.6. The Balaban J connectivity index is 2.11. The highest BCUT2D eigenvalue weighted by molar-refractivity contribution is 5.12. The van der Waals surface area contributed by atoms with Crippen LogP contribution in [0.25, 0.3) is 0 Å². The zero-order valence-electron chi connectivity index (χ0n) is 11.5. The quantitative estimate of drug-likeness (QED) is 0.888. The lowest BCUT2D eigenvalue weighted by Crippen LogP contribution is -2.31. The van der Waals surface area contributed by atoms with Gasteiger partial charge in [-0.3, -0.25) is 14.9 Å². The number of hydrogen-bond donors (Lipinski definition) is 1. The Morgan fingerprint density at radius 1 is 1.21 bits per heavy atom. The lowest BCUT2D eigenvalue weighted by molar-refractivity contribution is 0.234. The average Bonchev–Trinajstić information content (AvgIpc) is 2.41. The van der Waals surface area contributed by atoms with Gasteiger partial charge in [-0.05, 0) is 38.2 Å². The Bertz CT molecular complexity index is 513. The molecule has 0 amide bonds. The molecule has 0 aliphatic rings. The van der Waals surface area contributed by atoms with Crippen LogP contribution in [0.15, 0.2) is 42.6 Å². The molecule has 100 valence electrons. The lowest BCUT2D eigenvalue weighted by atomic mass is 10.1. The van der Waals surface area contributed by atoms with Gasteiger partial charge in [0.25, 0.3) is 0 Å². The van der Waals surface area contributed by atoms with Crippen LogP contribution in [0.3, 0.4) is 0 Å². The van der Waals surface area contributed by atoms with Crippen molar-refractivity contribution in [1.82, 2.24) is 14.9 Å². The number of hydrogen-bond acceptors (Lipinski definition) is 4. The van der Waals surface area contributed by atoms with Crippen molar-refractivity contribution in [2.24, 2.45) is 5.73 Å². The SMILES string of the molecule is Cc1cccc(CN(C)C(CN)c2ccccn2)n1. The number of likely N-dealkylation sites (N-methyl/N-ethyl adjacent to an activating group) is 1. The molecule has 1 atom stereocenters. The molecule has 2 aromatic heterocycles. The molecule has 0 aliphatic carbocycles. The second-order valence-corrected chi connectivity index (χ2v) is 4.69. The first kappa shape index (κ1) is 13.6. The molecule has 4 heteroatoms. The van der Waals surface area contributed by atoms with Crippen LogP contribution >= 0.6 is 0 Å². The summed E-state index contributed by atoms with van der Waals surface area (Å²) in [6.45, 7) is 3.31. The van der Waals surface area contributed by atoms with Gasteiger partial charge in [-0.15, -0.1) is 0 Å². The number of aromatic nitrogens is 2. The van der Waals surface area contributed by atoms with E-state index in [0.717, 1.165) is 23.6 Å². The first-order valence-corrected chi connectivity index (χ1v) is 6.44. The van der Waals surface area contributed by atoms with E-state index in [0.29, 0.717) is 6.54 Å². The minimum Gasteiger partial charge on any atom is -0.329 e. The van der Waals surface area contributed by atoms with Crippen LogP contribution in [0.2, 0.25) is 0 Å². The first-order valence-electron chi connectivity index (χ1n) is 6.44. The minimum absolute atomic E-state index is 0.114. The minimum atomic E-state index is 0.114. The maximum atomic E-state index is 5.89. The summed E-state index contributed by atoms with van der Waals surface area (Å²) < 4.78 is 0. The molecule has 0 bridgehead atoms. The predicted molar refractivity (Wildman–Crippen MR) is 76.5 cm³/mol. The summed E-state index contributed by atoms with van der Waals surface area (Å²) in [4.78, 5) is 11.1. The van der Waals surface area contributed by atoms with Crippen molar-refractivity contribution in [2.75, 3.05) is 13.6 Å². The Morgan fingerprint density at radius 2 is 2.05 bits per heavy atom. The van der Waals surface area contributed by atoms with E-state index in [9.17, 15) is 0 Å². The molecule has 0 radical (unpaired) electrons. The predicted octanol–water partition coefficient (Wildman–Crippen LogP) is 1.92. The third kappa shape index (κ3) is 3.59. The molecule has 4 nitrogen and oxygen atoms in total. The molecular formula is C15H20N4. The Kier molecular flexibility index (Phi) is 4.60. The monoisotopic (exact) mass is 256 g/mol. The van der Waals surface area contributed by atoms with Gasteiger partial charge >= 0.3 is 0 Å². The third-order valence-corrected chi connectivity index (χ3v) is 3.14. The van der Waals surface area contributed by atoms with Crippen LogP contribution in [0.5, 0.6) is 0 Å². The molecule has 1 unspecified atom stereocenters. The number of rotatable bonds is 5. The van der Waals surface area contributed by atoms with E-state index in [2.05, 4.69) is 21.9 Å².